The van der Waals surface area contributed by atoms with Gasteiger partial charge in [-0.15, -0.1) is 11.3 Å². The number of hydrogen-bond donors (Lipinski definition) is 0. The van der Waals surface area contributed by atoms with Crippen molar-refractivity contribution >= 4 is 33.7 Å². The molecule has 0 N–H and O–H groups in total. The highest BCUT2D eigenvalue weighted by Crippen LogP contribution is 2.28. The second-order valence-corrected chi connectivity index (χ2v) is 8.86. The Balaban J connectivity index is 1.54. The highest BCUT2D eigenvalue weighted by Gasteiger charge is 2.20. The van der Waals surface area contributed by atoms with Gasteiger partial charge in [-0.1, -0.05) is 72.0 Å². The fourth-order valence-electron chi connectivity index (χ4n) is 3.36. The maximum atomic E-state index is 13.2. The first-order valence-electron chi connectivity index (χ1n) is 10.1. The van der Waals surface area contributed by atoms with Crippen molar-refractivity contribution in [1.82, 2.24) is 9.55 Å². The Morgan fingerprint density at radius 1 is 1.00 bits per heavy atom. The summed E-state index contributed by atoms with van der Waals surface area (Å²) in [6.07, 6.45) is 0.997. The van der Waals surface area contributed by atoms with E-state index in [-0.39, 0.29) is 17.2 Å². The van der Waals surface area contributed by atoms with Gasteiger partial charge in [0.1, 0.15) is 0 Å². The number of aromatic nitrogens is 2. The van der Waals surface area contributed by atoms with Crippen LogP contribution in [0.5, 0.6) is 0 Å². The van der Waals surface area contributed by atoms with Crippen LogP contribution in [0.1, 0.15) is 17.7 Å². The zero-order valence-electron chi connectivity index (χ0n) is 17.2. The molecule has 0 aliphatic carbocycles. The third-order valence-corrected chi connectivity index (χ3v) is 6.83. The molecule has 2 heterocycles. The van der Waals surface area contributed by atoms with E-state index in [0.717, 1.165) is 23.4 Å². The number of nitrogens with zero attached hydrogens (tertiary/aromatic N) is 3. The molecule has 0 fully saturated rings. The topological polar surface area (TPSA) is 55.2 Å². The van der Waals surface area contributed by atoms with Crippen molar-refractivity contribution in [1.29, 1.82) is 0 Å². The summed E-state index contributed by atoms with van der Waals surface area (Å²) in [6.45, 7) is 2.82. The van der Waals surface area contributed by atoms with Gasteiger partial charge in [0.25, 0.3) is 0 Å². The van der Waals surface area contributed by atoms with Crippen LogP contribution in [-0.4, -0.2) is 22.0 Å². The number of carbonyl (C=O) groups excluding carboxylic acids is 1. The number of anilines is 1. The number of rotatable bonds is 8. The summed E-state index contributed by atoms with van der Waals surface area (Å²) < 4.78 is 1.66. The minimum atomic E-state index is -0.0262. The smallest absolute Gasteiger partial charge is 0.303 e. The lowest BCUT2D eigenvalue weighted by Gasteiger charge is -2.20. The van der Waals surface area contributed by atoms with Crippen LogP contribution in [0.4, 0.5) is 5.13 Å². The van der Waals surface area contributed by atoms with Gasteiger partial charge in [0.05, 0.1) is 5.69 Å². The van der Waals surface area contributed by atoms with Gasteiger partial charge in [-0.3, -0.25) is 14.5 Å². The van der Waals surface area contributed by atoms with Crippen LogP contribution in [0, 0.1) is 6.92 Å². The highest BCUT2D eigenvalue weighted by atomic mass is 32.1. The Morgan fingerprint density at radius 2 is 1.71 bits per heavy atom. The van der Waals surface area contributed by atoms with Crippen molar-refractivity contribution in [3.05, 3.63) is 92.3 Å². The van der Waals surface area contributed by atoms with Gasteiger partial charge in [0.2, 0.25) is 5.91 Å². The fourth-order valence-corrected chi connectivity index (χ4v) is 5.00. The predicted octanol–water partition coefficient (Wildman–Crippen LogP) is 5.01. The lowest BCUT2D eigenvalue weighted by Crippen LogP contribution is -2.34. The van der Waals surface area contributed by atoms with Crippen molar-refractivity contribution in [2.75, 3.05) is 11.4 Å². The molecular formula is C24H23N3O2S2. The molecular weight excluding hydrogens is 426 g/mol. The van der Waals surface area contributed by atoms with E-state index in [0.29, 0.717) is 18.2 Å². The Morgan fingerprint density at radius 3 is 2.39 bits per heavy atom. The molecule has 0 aliphatic heterocycles. The van der Waals surface area contributed by atoms with Gasteiger partial charge in [-0.2, -0.15) is 0 Å². The molecule has 2 aromatic carbocycles. The number of benzene rings is 2. The summed E-state index contributed by atoms with van der Waals surface area (Å²) >= 11 is 2.64. The molecule has 1 amide bonds. The summed E-state index contributed by atoms with van der Waals surface area (Å²) in [7, 11) is 0. The minimum Gasteiger partial charge on any atom is -0.303 e. The van der Waals surface area contributed by atoms with E-state index >= 15 is 0 Å². The zero-order chi connectivity index (χ0) is 21.6. The molecule has 0 radical (unpaired) electrons. The van der Waals surface area contributed by atoms with Gasteiger partial charge < -0.3 is 4.57 Å². The largest absolute Gasteiger partial charge is 0.307 e. The summed E-state index contributed by atoms with van der Waals surface area (Å²) in [5, 5.41) is 4.50. The average Bonchev–Trinajstić information content (AvgIpc) is 3.41. The molecule has 0 spiro atoms. The molecule has 0 unspecified atom stereocenters. The molecule has 5 nitrogen and oxygen atoms in total. The second kappa shape index (κ2) is 9.85. The number of carbonyl (C=O) groups is 1. The van der Waals surface area contributed by atoms with E-state index in [9.17, 15) is 9.59 Å². The van der Waals surface area contributed by atoms with Crippen LogP contribution in [0.25, 0.3) is 11.3 Å². The Bertz CT molecular complexity index is 1200. The molecule has 0 atom stereocenters. The third-order valence-electron chi connectivity index (χ3n) is 5.09. The van der Waals surface area contributed by atoms with Gasteiger partial charge in [0.15, 0.2) is 5.13 Å². The van der Waals surface area contributed by atoms with Crippen LogP contribution in [0.2, 0.25) is 0 Å². The third kappa shape index (κ3) is 5.18. The molecule has 0 aliphatic rings. The Labute approximate surface area is 189 Å². The van der Waals surface area contributed by atoms with E-state index in [4.69, 9.17) is 4.98 Å². The second-order valence-electron chi connectivity index (χ2n) is 7.21. The SMILES string of the molecule is Cc1csc(=O)n1CCC(=O)N(CCc1ccccc1)c1nc(-c2ccccc2)cs1. The molecule has 4 aromatic rings. The quantitative estimate of drug-likeness (QED) is 0.380. The average molecular weight is 450 g/mol. The van der Waals surface area contributed by atoms with E-state index in [1.165, 1.54) is 28.2 Å². The number of thiazole rings is 2. The van der Waals surface area contributed by atoms with E-state index < -0.39 is 0 Å². The van der Waals surface area contributed by atoms with Crippen LogP contribution in [0.15, 0.2) is 76.2 Å². The summed E-state index contributed by atoms with van der Waals surface area (Å²) in [4.78, 5) is 31.7. The van der Waals surface area contributed by atoms with Crippen LogP contribution >= 0.6 is 22.7 Å². The summed E-state index contributed by atoms with van der Waals surface area (Å²) in [5.74, 6) is -0.0256. The molecule has 158 valence electrons. The molecule has 7 heteroatoms. The van der Waals surface area contributed by atoms with Gasteiger partial charge >= 0.3 is 4.87 Å². The molecule has 31 heavy (non-hydrogen) atoms. The van der Waals surface area contributed by atoms with Crippen molar-refractivity contribution in [3.63, 3.8) is 0 Å². The molecule has 2 aromatic heterocycles. The highest BCUT2D eigenvalue weighted by molar-refractivity contribution is 7.14. The maximum absolute atomic E-state index is 13.2. The van der Waals surface area contributed by atoms with Crippen molar-refractivity contribution in [2.45, 2.75) is 26.3 Å². The van der Waals surface area contributed by atoms with Gasteiger partial charge in [-0.05, 0) is 18.9 Å². The summed E-state index contributed by atoms with van der Waals surface area (Å²) in [6, 6.07) is 20.1. The Hall–Kier alpha value is -3.03. The fraction of sp³-hybridized carbons (Fsp3) is 0.208. The van der Waals surface area contributed by atoms with Crippen molar-refractivity contribution in [3.8, 4) is 11.3 Å². The monoisotopic (exact) mass is 449 g/mol. The molecule has 0 saturated heterocycles. The molecule has 0 bridgehead atoms. The minimum absolute atomic E-state index is 0.0256. The van der Waals surface area contributed by atoms with Crippen LogP contribution in [-0.2, 0) is 17.8 Å². The number of amides is 1. The zero-order valence-corrected chi connectivity index (χ0v) is 18.9. The van der Waals surface area contributed by atoms with E-state index in [1.807, 2.05) is 66.2 Å². The normalized spacial score (nSPS) is 10.9. The van der Waals surface area contributed by atoms with E-state index in [1.54, 1.807) is 9.47 Å². The van der Waals surface area contributed by atoms with Crippen molar-refractivity contribution < 1.29 is 4.79 Å². The van der Waals surface area contributed by atoms with Crippen LogP contribution in [0.3, 0.4) is 0 Å². The maximum Gasteiger partial charge on any atom is 0.307 e. The number of hydrogen-bond acceptors (Lipinski definition) is 5. The van der Waals surface area contributed by atoms with E-state index in [2.05, 4.69) is 12.1 Å². The van der Waals surface area contributed by atoms with Gasteiger partial charge in [-0.25, -0.2) is 4.98 Å². The standard InChI is InChI=1S/C24H23N3O2S2/c1-18-16-31-24(29)26(18)15-13-22(28)27(14-12-19-8-4-2-5-9-19)23-25-21(17-30-23)20-10-6-3-7-11-20/h2-11,16-17H,12-15H2,1H3. The lowest BCUT2D eigenvalue weighted by atomic mass is 10.1. The van der Waals surface area contributed by atoms with Crippen molar-refractivity contribution in [2.24, 2.45) is 0 Å². The molecule has 4 rings (SSSR count). The van der Waals surface area contributed by atoms with Gasteiger partial charge in [0, 0.05) is 41.5 Å². The molecule has 0 saturated carbocycles. The first kappa shape index (κ1) is 21.2. The first-order valence-corrected chi connectivity index (χ1v) is 11.9. The number of aryl methyl sites for hydroxylation is 1. The van der Waals surface area contributed by atoms with Crippen LogP contribution < -0.4 is 9.77 Å². The lowest BCUT2D eigenvalue weighted by molar-refractivity contribution is -0.118. The Kier molecular flexibility index (Phi) is 6.74. The predicted molar refractivity (Wildman–Crippen MR) is 128 cm³/mol. The summed E-state index contributed by atoms with van der Waals surface area (Å²) in [5.41, 5.74) is 3.95. The first-order chi connectivity index (χ1) is 15.1.